The molecule has 3 aromatic carbocycles. The van der Waals surface area contributed by atoms with E-state index < -0.39 is 0 Å². The molecule has 2 nitrogen and oxygen atoms in total. The first-order valence-electron chi connectivity index (χ1n) is 13.5. The molecule has 0 atom stereocenters. The SMILES string of the molecule is Cc1c[n+](C)c(-c2c(C)ccc3c2oc2c(-c4ccc(C5CCC(C)(C)CC5)cc4)c(F)ccc23)cc1F. The van der Waals surface area contributed by atoms with Gasteiger partial charge in [-0.1, -0.05) is 50.2 Å². The molecule has 1 saturated carbocycles. The van der Waals surface area contributed by atoms with Gasteiger partial charge in [-0.2, -0.15) is 0 Å². The number of furan rings is 1. The lowest BCUT2D eigenvalue weighted by Crippen LogP contribution is -2.31. The van der Waals surface area contributed by atoms with Crippen molar-refractivity contribution in [2.24, 2.45) is 12.5 Å². The van der Waals surface area contributed by atoms with Crippen LogP contribution in [0.4, 0.5) is 8.78 Å². The van der Waals surface area contributed by atoms with Crippen LogP contribution < -0.4 is 4.57 Å². The molecular formula is C34H34F2NO+. The van der Waals surface area contributed by atoms with E-state index >= 15 is 4.39 Å². The molecule has 0 bridgehead atoms. The number of aryl methyl sites for hydroxylation is 3. The van der Waals surface area contributed by atoms with E-state index in [-0.39, 0.29) is 11.6 Å². The standard InChI is InChI=1S/C34H34F2NO/c1-20-6-11-25-26-12-13-27(35)31(24-9-7-22(8-10-24)23-14-16-34(3,4)17-15-23)33(26)38-32(25)30(20)29-18-28(36)21(2)19-37(29)5/h6-13,18-19,23H,14-17H2,1-5H3/q+1. The number of hydrogen-bond acceptors (Lipinski definition) is 1. The Hall–Kier alpha value is -3.53. The summed E-state index contributed by atoms with van der Waals surface area (Å²) >= 11 is 0. The Kier molecular flexibility index (Phi) is 5.90. The molecule has 5 aromatic rings. The number of halogens is 2. The van der Waals surface area contributed by atoms with Crippen molar-refractivity contribution in [3.63, 3.8) is 0 Å². The van der Waals surface area contributed by atoms with Crippen LogP contribution in [0.1, 0.15) is 62.1 Å². The van der Waals surface area contributed by atoms with E-state index in [0.29, 0.717) is 33.6 Å². The third kappa shape index (κ3) is 4.11. The topological polar surface area (TPSA) is 17.0 Å². The van der Waals surface area contributed by atoms with Crippen LogP contribution in [0.25, 0.3) is 44.3 Å². The maximum atomic E-state index is 15.4. The molecule has 0 unspecified atom stereocenters. The summed E-state index contributed by atoms with van der Waals surface area (Å²) in [5.41, 5.74) is 7.28. The second kappa shape index (κ2) is 9.04. The van der Waals surface area contributed by atoms with Crippen LogP contribution in [-0.4, -0.2) is 0 Å². The summed E-state index contributed by atoms with van der Waals surface area (Å²) in [6.45, 7) is 8.45. The predicted octanol–water partition coefficient (Wildman–Crippen LogP) is 9.32. The Morgan fingerprint density at radius 3 is 2.11 bits per heavy atom. The summed E-state index contributed by atoms with van der Waals surface area (Å²) in [7, 11) is 1.91. The van der Waals surface area contributed by atoms with Crippen molar-refractivity contribution < 1.29 is 17.8 Å². The highest BCUT2D eigenvalue weighted by Crippen LogP contribution is 2.44. The average molecular weight is 511 g/mol. The zero-order valence-corrected chi connectivity index (χ0v) is 22.8. The Morgan fingerprint density at radius 1 is 0.789 bits per heavy atom. The van der Waals surface area contributed by atoms with Crippen molar-refractivity contribution in [1.29, 1.82) is 0 Å². The van der Waals surface area contributed by atoms with Crippen LogP contribution in [0.3, 0.4) is 0 Å². The first-order chi connectivity index (χ1) is 18.1. The van der Waals surface area contributed by atoms with Crippen LogP contribution in [0.5, 0.6) is 0 Å². The normalized spacial score (nSPS) is 16.0. The summed E-state index contributed by atoms with van der Waals surface area (Å²) < 4.78 is 38.5. The molecule has 1 aliphatic carbocycles. The van der Waals surface area contributed by atoms with Crippen molar-refractivity contribution in [1.82, 2.24) is 0 Å². The van der Waals surface area contributed by atoms with E-state index in [9.17, 15) is 4.39 Å². The molecule has 4 heteroatoms. The van der Waals surface area contributed by atoms with Crippen LogP contribution in [-0.2, 0) is 7.05 Å². The molecule has 1 aliphatic rings. The number of rotatable bonds is 3. The monoisotopic (exact) mass is 510 g/mol. The van der Waals surface area contributed by atoms with E-state index in [1.807, 2.05) is 42.8 Å². The molecule has 2 heterocycles. The summed E-state index contributed by atoms with van der Waals surface area (Å²) in [6.07, 6.45) is 6.64. The number of benzene rings is 3. The Balaban J connectivity index is 1.49. The maximum absolute atomic E-state index is 15.4. The number of fused-ring (bicyclic) bond motifs is 3. The van der Waals surface area contributed by atoms with Crippen molar-refractivity contribution in [2.45, 2.75) is 59.3 Å². The second-order valence-electron chi connectivity index (χ2n) is 11.9. The number of hydrogen-bond donors (Lipinski definition) is 0. The van der Waals surface area contributed by atoms with Crippen molar-refractivity contribution in [2.75, 3.05) is 0 Å². The largest absolute Gasteiger partial charge is 0.454 e. The van der Waals surface area contributed by atoms with Crippen molar-refractivity contribution >= 4 is 21.9 Å². The van der Waals surface area contributed by atoms with E-state index in [4.69, 9.17) is 4.42 Å². The van der Waals surface area contributed by atoms with Gasteiger partial charge in [0.15, 0.2) is 6.20 Å². The summed E-state index contributed by atoms with van der Waals surface area (Å²) in [6, 6.07) is 17.3. The van der Waals surface area contributed by atoms with E-state index in [1.165, 1.54) is 37.3 Å². The molecule has 6 rings (SSSR count). The maximum Gasteiger partial charge on any atom is 0.219 e. The molecule has 2 aromatic heterocycles. The quantitative estimate of drug-likeness (QED) is 0.221. The smallest absolute Gasteiger partial charge is 0.219 e. The molecule has 38 heavy (non-hydrogen) atoms. The lowest BCUT2D eigenvalue weighted by atomic mass is 9.71. The van der Waals surface area contributed by atoms with E-state index in [1.54, 1.807) is 25.3 Å². The van der Waals surface area contributed by atoms with Gasteiger partial charge in [-0.15, -0.1) is 0 Å². The summed E-state index contributed by atoms with van der Waals surface area (Å²) in [4.78, 5) is 0. The van der Waals surface area contributed by atoms with Gasteiger partial charge >= 0.3 is 0 Å². The number of pyridine rings is 1. The minimum atomic E-state index is -0.311. The molecule has 0 saturated heterocycles. The van der Waals surface area contributed by atoms with Crippen molar-refractivity contribution in [3.05, 3.63) is 89.1 Å². The van der Waals surface area contributed by atoms with Gasteiger partial charge in [-0.05, 0) is 79.7 Å². The zero-order valence-electron chi connectivity index (χ0n) is 22.8. The molecule has 0 N–H and O–H groups in total. The summed E-state index contributed by atoms with van der Waals surface area (Å²) in [5.74, 6) is -0.0158. The van der Waals surface area contributed by atoms with Gasteiger partial charge in [-0.25, -0.2) is 13.3 Å². The third-order valence-corrected chi connectivity index (χ3v) is 8.64. The second-order valence-corrected chi connectivity index (χ2v) is 11.9. The van der Waals surface area contributed by atoms with Gasteiger partial charge in [0, 0.05) is 22.4 Å². The van der Waals surface area contributed by atoms with Crippen LogP contribution >= 0.6 is 0 Å². The highest BCUT2D eigenvalue weighted by Gasteiger charge is 2.28. The van der Waals surface area contributed by atoms with Gasteiger partial charge in [0.2, 0.25) is 5.69 Å². The van der Waals surface area contributed by atoms with E-state index in [2.05, 4.69) is 26.0 Å². The number of nitrogens with zero attached hydrogens (tertiary/aromatic N) is 1. The molecule has 1 fully saturated rings. The minimum absolute atomic E-state index is 0.265. The van der Waals surface area contributed by atoms with E-state index in [0.717, 1.165) is 33.2 Å². The lowest BCUT2D eigenvalue weighted by Gasteiger charge is -2.34. The molecule has 0 aliphatic heterocycles. The Morgan fingerprint density at radius 2 is 1.42 bits per heavy atom. The average Bonchev–Trinajstić information content (AvgIpc) is 3.25. The fourth-order valence-corrected chi connectivity index (χ4v) is 6.23. The molecule has 0 amide bonds. The fourth-order valence-electron chi connectivity index (χ4n) is 6.23. The highest BCUT2D eigenvalue weighted by molar-refractivity contribution is 6.13. The third-order valence-electron chi connectivity index (χ3n) is 8.64. The summed E-state index contributed by atoms with van der Waals surface area (Å²) in [5, 5.41) is 1.75. The fraction of sp³-hybridized carbons (Fsp3) is 0.324. The van der Waals surface area contributed by atoms with Gasteiger partial charge in [-0.3, -0.25) is 0 Å². The Bertz CT molecular complexity index is 1680. The zero-order chi connectivity index (χ0) is 26.8. The van der Waals surface area contributed by atoms with Crippen LogP contribution in [0, 0.1) is 30.9 Å². The molecular weight excluding hydrogens is 476 g/mol. The minimum Gasteiger partial charge on any atom is -0.454 e. The Labute approximate surface area is 222 Å². The first kappa shape index (κ1) is 24.8. The van der Waals surface area contributed by atoms with Gasteiger partial charge in [0.25, 0.3) is 0 Å². The van der Waals surface area contributed by atoms with Crippen molar-refractivity contribution in [3.8, 4) is 22.4 Å². The predicted molar refractivity (Wildman–Crippen MR) is 150 cm³/mol. The first-order valence-corrected chi connectivity index (χ1v) is 13.5. The molecule has 194 valence electrons. The van der Waals surface area contributed by atoms with Crippen LogP contribution in [0.2, 0.25) is 0 Å². The van der Waals surface area contributed by atoms with Gasteiger partial charge < -0.3 is 4.42 Å². The lowest BCUT2D eigenvalue weighted by molar-refractivity contribution is -0.661. The van der Waals surface area contributed by atoms with Gasteiger partial charge in [0.1, 0.15) is 29.8 Å². The van der Waals surface area contributed by atoms with Gasteiger partial charge in [0.05, 0.1) is 11.1 Å². The molecule has 0 radical (unpaired) electrons. The molecule has 0 spiro atoms. The highest BCUT2D eigenvalue weighted by atomic mass is 19.1. The number of aromatic nitrogens is 1. The van der Waals surface area contributed by atoms with Crippen LogP contribution in [0.15, 0.2) is 65.2 Å².